The van der Waals surface area contributed by atoms with Crippen LogP contribution >= 0.6 is 11.6 Å². The number of nitrogens with zero attached hydrogens (tertiary/aromatic N) is 2. The van der Waals surface area contributed by atoms with Gasteiger partial charge in [-0.2, -0.15) is 0 Å². The van der Waals surface area contributed by atoms with Crippen molar-refractivity contribution < 1.29 is 9.90 Å². The number of piperazine rings is 1. The third-order valence-corrected chi connectivity index (χ3v) is 3.40. The maximum atomic E-state index is 10.6. The maximum absolute atomic E-state index is 10.6. The average molecular weight is 269 g/mol. The number of carboxylic acid groups (broad SMARTS) is 1. The number of rotatable bonds is 4. The molecule has 1 N–H and O–H groups in total. The highest BCUT2D eigenvalue weighted by Crippen LogP contribution is 2.12. The van der Waals surface area contributed by atoms with Crippen LogP contribution in [-0.2, 0) is 11.3 Å². The normalized spacial score (nSPS) is 17.8. The molecule has 1 saturated heterocycles. The van der Waals surface area contributed by atoms with Gasteiger partial charge in [0.15, 0.2) is 0 Å². The first-order chi connectivity index (χ1) is 8.63. The van der Waals surface area contributed by atoms with Crippen molar-refractivity contribution in [2.75, 3.05) is 32.7 Å². The third-order valence-electron chi connectivity index (χ3n) is 3.14. The standard InChI is InChI=1S/C13H17ClN2O2/c14-12-3-1-11(2-4-12)9-15-5-7-16(8-6-15)10-13(17)18/h1-4H,5-10H2,(H,17,18). The van der Waals surface area contributed by atoms with E-state index in [9.17, 15) is 4.79 Å². The highest BCUT2D eigenvalue weighted by Gasteiger charge is 2.18. The summed E-state index contributed by atoms with van der Waals surface area (Å²) in [6.45, 7) is 4.51. The van der Waals surface area contributed by atoms with Gasteiger partial charge in [-0.25, -0.2) is 0 Å². The predicted molar refractivity (Wildman–Crippen MR) is 70.8 cm³/mol. The summed E-state index contributed by atoms with van der Waals surface area (Å²) in [6, 6.07) is 7.87. The van der Waals surface area contributed by atoms with E-state index in [1.165, 1.54) is 5.56 Å². The summed E-state index contributed by atoms with van der Waals surface area (Å²) in [6.07, 6.45) is 0. The highest BCUT2D eigenvalue weighted by molar-refractivity contribution is 6.30. The zero-order valence-corrected chi connectivity index (χ0v) is 10.9. The second-order valence-electron chi connectivity index (χ2n) is 4.57. The third kappa shape index (κ3) is 3.98. The molecule has 1 aromatic carbocycles. The van der Waals surface area contributed by atoms with E-state index in [1.54, 1.807) is 0 Å². The van der Waals surface area contributed by atoms with E-state index in [1.807, 2.05) is 29.2 Å². The minimum atomic E-state index is -0.749. The Bertz CT molecular complexity index is 400. The number of hydrogen-bond acceptors (Lipinski definition) is 3. The first-order valence-corrected chi connectivity index (χ1v) is 6.42. The molecule has 1 heterocycles. The first kappa shape index (κ1) is 13.3. The number of aliphatic carboxylic acids is 1. The van der Waals surface area contributed by atoms with Crippen LogP contribution in [0, 0.1) is 0 Å². The number of halogens is 1. The molecular weight excluding hydrogens is 252 g/mol. The SMILES string of the molecule is O=C(O)CN1CCN(Cc2ccc(Cl)cc2)CC1. The van der Waals surface area contributed by atoms with Gasteiger partial charge in [-0.15, -0.1) is 0 Å². The van der Waals surface area contributed by atoms with E-state index < -0.39 is 5.97 Å². The van der Waals surface area contributed by atoms with Gasteiger partial charge >= 0.3 is 5.97 Å². The van der Waals surface area contributed by atoms with Gasteiger partial charge in [0.2, 0.25) is 0 Å². The fraction of sp³-hybridized carbons (Fsp3) is 0.462. The quantitative estimate of drug-likeness (QED) is 0.900. The van der Waals surface area contributed by atoms with E-state index >= 15 is 0 Å². The summed E-state index contributed by atoms with van der Waals surface area (Å²) in [4.78, 5) is 14.9. The molecule has 4 nitrogen and oxygen atoms in total. The molecule has 1 aliphatic heterocycles. The second kappa shape index (κ2) is 6.18. The molecule has 5 heteroatoms. The van der Waals surface area contributed by atoms with Gasteiger partial charge in [-0.3, -0.25) is 14.6 Å². The molecule has 1 aliphatic rings. The maximum Gasteiger partial charge on any atom is 0.317 e. The Morgan fingerprint density at radius 2 is 1.67 bits per heavy atom. The average Bonchev–Trinajstić information content (AvgIpc) is 2.34. The molecule has 18 heavy (non-hydrogen) atoms. The van der Waals surface area contributed by atoms with E-state index in [2.05, 4.69) is 4.90 Å². The van der Waals surface area contributed by atoms with Crippen molar-refractivity contribution in [1.29, 1.82) is 0 Å². The Balaban J connectivity index is 1.79. The smallest absolute Gasteiger partial charge is 0.317 e. The van der Waals surface area contributed by atoms with Gasteiger partial charge < -0.3 is 5.11 Å². The number of benzene rings is 1. The molecule has 1 fully saturated rings. The zero-order chi connectivity index (χ0) is 13.0. The minimum Gasteiger partial charge on any atom is -0.480 e. The molecular formula is C13H17ClN2O2. The van der Waals surface area contributed by atoms with Crippen LogP contribution in [0.3, 0.4) is 0 Å². The van der Waals surface area contributed by atoms with Crippen LogP contribution in [0.25, 0.3) is 0 Å². The molecule has 0 radical (unpaired) electrons. The van der Waals surface area contributed by atoms with Gasteiger partial charge in [0.1, 0.15) is 0 Å². The Hall–Kier alpha value is -1.10. The van der Waals surface area contributed by atoms with Crippen molar-refractivity contribution in [3.05, 3.63) is 34.9 Å². The van der Waals surface area contributed by atoms with E-state index in [-0.39, 0.29) is 6.54 Å². The number of hydrogen-bond donors (Lipinski definition) is 1. The molecule has 0 saturated carbocycles. The van der Waals surface area contributed by atoms with E-state index in [4.69, 9.17) is 16.7 Å². The molecule has 0 atom stereocenters. The van der Waals surface area contributed by atoms with Crippen molar-refractivity contribution in [3.63, 3.8) is 0 Å². The highest BCUT2D eigenvalue weighted by atomic mass is 35.5. The Morgan fingerprint density at radius 3 is 2.22 bits per heavy atom. The van der Waals surface area contributed by atoms with Gasteiger partial charge in [-0.05, 0) is 17.7 Å². The number of carboxylic acids is 1. The second-order valence-corrected chi connectivity index (χ2v) is 5.01. The van der Waals surface area contributed by atoms with Crippen molar-refractivity contribution in [3.8, 4) is 0 Å². The fourth-order valence-corrected chi connectivity index (χ4v) is 2.27. The summed E-state index contributed by atoms with van der Waals surface area (Å²) in [5, 5.41) is 9.48. The van der Waals surface area contributed by atoms with Crippen molar-refractivity contribution in [1.82, 2.24) is 9.80 Å². The van der Waals surface area contributed by atoms with Crippen molar-refractivity contribution in [2.24, 2.45) is 0 Å². The largest absolute Gasteiger partial charge is 0.480 e. The van der Waals surface area contributed by atoms with Crippen LogP contribution in [0.4, 0.5) is 0 Å². The predicted octanol–water partition coefficient (Wildman–Crippen LogP) is 1.54. The molecule has 0 amide bonds. The molecule has 0 bridgehead atoms. The summed E-state index contributed by atoms with van der Waals surface area (Å²) in [5.74, 6) is -0.749. The topological polar surface area (TPSA) is 43.8 Å². The van der Waals surface area contributed by atoms with Gasteiger partial charge in [-0.1, -0.05) is 23.7 Å². The van der Waals surface area contributed by atoms with Gasteiger partial charge in [0.05, 0.1) is 6.54 Å². The monoisotopic (exact) mass is 268 g/mol. The molecule has 0 spiro atoms. The lowest BCUT2D eigenvalue weighted by Gasteiger charge is -2.33. The summed E-state index contributed by atoms with van der Waals surface area (Å²) < 4.78 is 0. The van der Waals surface area contributed by atoms with E-state index in [0.29, 0.717) is 0 Å². The first-order valence-electron chi connectivity index (χ1n) is 6.04. The molecule has 1 aromatic rings. The summed E-state index contributed by atoms with van der Waals surface area (Å²) in [7, 11) is 0. The van der Waals surface area contributed by atoms with Crippen LogP contribution in [0.2, 0.25) is 5.02 Å². The van der Waals surface area contributed by atoms with Crippen LogP contribution in [0.15, 0.2) is 24.3 Å². The Morgan fingerprint density at radius 1 is 1.11 bits per heavy atom. The summed E-state index contributed by atoms with van der Waals surface area (Å²) in [5.41, 5.74) is 1.24. The Kier molecular flexibility index (Phi) is 4.58. The van der Waals surface area contributed by atoms with Crippen LogP contribution in [0.1, 0.15) is 5.56 Å². The molecule has 0 unspecified atom stereocenters. The van der Waals surface area contributed by atoms with E-state index in [0.717, 1.165) is 37.7 Å². The van der Waals surface area contributed by atoms with Crippen LogP contribution < -0.4 is 0 Å². The van der Waals surface area contributed by atoms with Crippen molar-refractivity contribution in [2.45, 2.75) is 6.54 Å². The lowest BCUT2D eigenvalue weighted by Crippen LogP contribution is -2.47. The lowest BCUT2D eigenvalue weighted by atomic mass is 10.2. The van der Waals surface area contributed by atoms with Crippen molar-refractivity contribution >= 4 is 17.6 Å². The molecule has 0 aliphatic carbocycles. The lowest BCUT2D eigenvalue weighted by molar-refractivity contribution is -0.138. The van der Waals surface area contributed by atoms with Gasteiger partial charge in [0, 0.05) is 37.7 Å². The Labute approximate surface area is 112 Å². The van der Waals surface area contributed by atoms with Crippen LogP contribution in [0.5, 0.6) is 0 Å². The molecule has 0 aromatic heterocycles. The molecule has 98 valence electrons. The molecule has 2 rings (SSSR count). The summed E-state index contributed by atoms with van der Waals surface area (Å²) >= 11 is 5.85. The van der Waals surface area contributed by atoms with Gasteiger partial charge in [0.25, 0.3) is 0 Å². The fourth-order valence-electron chi connectivity index (χ4n) is 2.14. The zero-order valence-electron chi connectivity index (χ0n) is 10.2. The van der Waals surface area contributed by atoms with Crippen LogP contribution in [-0.4, -0.2) is 53.6 Å². The minimum absolute atomic E-state index is 0.148. The number of carbonyl (C=O) groups is 1.